The molecule has 0 spiro atoms. The van der Waals surface area contributed by atoms with Crippen molar-refractivity contribution in [2.75, 3.05) is 24.5 Å². The van der Waals surface area contributed by atoms with E-state index in [2.05, 4.69) is 9.88 Å². The summed E-state index contributed by atoms with van der Waals surface area (Å²) in [6, 6.07) is 3.65. The summed E-state index contributed by atoms with van der Waals surface area (Å²) in [5, 5.41) is 0. The fourth-order valence-corrected chi connectivity index (χ4v) is 1.85. The molecule has 82 valence electrons. The Kier molecular flexibility index (Phi) is 3.16. The molecular weight excluding hydrogens is 193 g/mol. The minimum absolute atomic E-state index is 0.0186. The summed E-state index contributed by atoms with van der Waals surface area (Å²) in [5.41, 5.74) is 5.82. The number of pyridine rings is 1. The van der Waals surface area contributed by atoms with Crippen molar-refractivity contribution < 1.29 is 4.39 Å². The maximum atomic E-state index is 13.2. The highest BCUT2D eigenvalue weighted by Gasteiger charge is 2.14. The van der Waals surface area contributed by atoms with Gasteiger partial charge in [0.1, 0.15) is 12.0 Å². The highest BCUT2D eigenvalue weighted by Crippen LogP contribution is 2.20. The molecule has 1 saturated heterocycles. The van der Waals surface area contributed by atoms with Crippen LogP contribution in [-0.2, 0) is 0 Å². The summed E-state index contributed by atoms with van der Waals surface area (Å²) in [5.74, 6) is 0.945. The average molecular weight is 209 g/mol. The number of hydrogen-bond donors (Lipinski definition) is 1. The Morgan fingerprint density at radius 3 is 2.67 bits per heavy atom. The first-order chi connectivity index (χ1) is 7.31. The van der Waals surface area contributed by atoms with Gasteiger partial charge in [-0.15, -0.1) is 0 Å². The number of nitrogens with zero attached hydrogens (tertiary/aromatic N) is 2. The highest BCUT2D eigenvalue weighted by atomic mass is 19.1. The Labute approximate surface area is 89.1 Å². The molecule has 0 amide bonds. The standard InChI is InChI=1S/C11H16FN3/c12-10(7-13)9-3-4-11(14-8-9)15-5-1-2-6-15/h3-4,8,10H,1-2,5-7,13H2. The first-order valence-corrected chi connectivity index (χ1v) is 5.36. The topological polar surface area (TPSA) is 42.1 Å². The highest BCUT2D eigenvalue weighted by molar-refractivity contribution is 5.40. The molecule has 2 rings (SSSR count). The summed E-state index contributed by atoms with van der Waals surface area (Å²) in [4.78, 5) is 6.48. The smallest absolute Gasteiger partial charge is 0.139 e. The van der Waals surface area contributed by atoms with E-state index in [4.69, 9.17) is 5.73 Å². The minimum atomic E-state index is -1.09. The summed E-state index contributed by atoms with van der Waals surface area (Å²) < 4.78 is 13.2. The van der Waals surface area contributed by atoms with Gasteiger partial charge in [0.05, 0.1) is 0 Å². The number of alkyl halides is 1. The van der Waals surface area contributed by atoms with E-state index in [0.29, 0.717) is 5.56 Å². The Morgan fingerprint density at radius 1 is 1.40 bits per heavy atom. The second kappa shape index (κ2) is 4.57. The molecule has 0 radical (unpaired) electrons. The first kappa shape index (κ1) is 10.4. The van der Waals surface area contributed by atoms with Crippen molar-refractivity contribution in [2.24, 2.45) is 5.73 Å². The molecule has 1 fully saturated rings. The second-order valence-corrected chi connectivity index (χ2v) is 3.85. The molecule has 0 aliphatic carbocycles. The van der Waals surface area contributed by atoms with Gasteiger partial charge in [-0.25, -0.2) is 9.37 Å². The van der Waals surface area contributed by atoms with Crippen molar-refractivity contribution in [3.05, 3.63) is 23.9 Å². The summed E-state index contributed by atoms with van der Waals surface area (Å²) in [6.07, 6.45) is 2.94. The van der Waals surface area contributed by atoms with E-state index in [-0.39, 0.29) is 6.54 Å². The Bertz CT molecular complexity index is 306. The van der Waals surface area contributed by atoms with Gasteiger partial charge in [0.25, 0.3) is 0 Å². The molecule has 1 unspecified atom stereocenters. The van der Waals surface area contributed by atoms with Crippen LogP contribution in [0.1, 0.15) is 24.6 Å². The monoisotopic (exact) mass is 209 g/mol. The van der Waals surface area contributed by atoms with Crippen molar-refractivity contribution >= 4 is 5.82 Å². The SMILES string of the molecule is NCC(F)c1ccc(N2CCCC2)nc1. The van der Waals surface area contributed by atoms with Crippen molar-refractivity contribution in [1.29, 1.82) is 0 Å². The summed E-state index contributed by atoms with van der Waals surface area (Å²) >= 11 is 0. The van der Waals surface area contributed by atoms with Crippen LogP contribution in [0.3, 0.4) is 0 Å². The van der Waals surface area contributed by atoms with Crippen LogP contribution in [0.4, 0.5) is 10.2 Å². The van der Waals surface area contributed by atoms with Crippen LogP contribution in [0, 0.1) is 0 Å². The van der Waals surface area contributed by atoms with Crippen molar-refractivity contribution in [1.82, 2.24) is 4.98 Å². The number of anilines is 1. The lowest BCUT2D eigenvalue weighted by Gasteiger charge is -2.16. The first-order valence-electron chi connectivity index (χ1n) is 5.36. The third kappa shape index (κ3) is 2.26. The largest absolute Gasteiger partial charge is 0.357 e. The van der Waals surface area contributed by atoms with Crippen LogP contribution < -0.4 is 10.6 Å². The zero-order chi connectivity index (χ0) is 10.7. The molecule has 2 N–H and O–H groups in total. The van der Waals surface area contributed by atoms with Crippen molar-refractivity contribution in [3.8, 4) is 0 Å². The molecule has 15 heavy (non-hydrogen) atoms. The van der Waals surface area contributed by atoms with E-state index in [9.17, 15) is 4.39 Å². The molecule has 1 aliphatic heterocycles. The molecule has 3 nitrogen and oxygen atoms in total. The average Bonchev–Trinajstić information content (AvgIpc) is 2.82. The number of rotatable bonds is 3. The van der Waals surface area contributed by atoms with Gasteiger partial charge in [0, 0.05) is 31.4 Å². The predicted octanol–water partition coefficient (Wildman–Crippen LogP) is 1.65. The van der Waals surface area contributed by atoms with Crippen LogP contribution in [0.15, 0.2) is 18.3 Å². The van der Waals surface area contributed by atoms with E-state index in [1.165, 1.54) is 12.8 Å². The Hall–Kier alpha value is -1.16. The van der Waals surface area contributed by atoms with Crippen LogP contribution >= 0.6 is 0 Å². The minimum Gasteiger partial charge on any atom is -0.357 e. The maximum Gasteiger partial charge on any atom is 0.139 e. The predicted molar refractivity (Wildman–Crippen MR) is 58.6 cm³/mol. The van der Waals surface area contributed by atoms with Gasteiger partial charge in [0.15, 0.2) is 0 Å². The van der Waals surface area contributed by atoms with Crippen molar-refractivity contribution in [3.63, 3.8) is 0 Å². The third-order valence-electron chi connectivity index (χ3n) is 2.77. The molecule has 4 heteroatoms. The van der Waals surface area contributed by atoms with E-state index >= 15 is 0 Å². The van der Waals surface area contributed by atoms with Crippen molar-refractivity contribution in [2.45, 2.75) is 19.0 Å². The van der Waals surface area contributed by atoms with Crippen LogP contribution in [-0.4, -0.2) is 24.6 Å². The molecule has 0 aromatic carbocycles. The van der Waals surface area contributed by atoms with Gasteiger partial charge in [-0.3, -0.25) is 0 Å². The van der Waals surface area contributed by atoms with Crippen LogP contribution in [0.25, 0.3) is 0 Å². The fourth-order valence-electron chi connectivity index (χ4n) is 1.85. The zero-order valence-electron chi connectivity index (χ0n) is 8.69. The fraction of sp³-hybridized carbons (Fsp3) is 0.545. The quantitative estimate of drug-likeness (QED) is 0.823. The molecule has 2 heterocycles. The Morgan fingerprint density at radius 2 is 2.13 bits per heavy atom. The number of halogens is 1. The van der Waals surface area contributed by atoms with Gasteiger partial charge < -0.3 is 10.6 Å². The summed E-state index contributed by atoms with van der Waals surface area (Å²) in [6.45, 7) is 2.13. The molecule has 1 atom stereocenters. The Balaban J connectivity index is 2.09. The lowest BCUT2D eigenvalue weighted by Crippen LogP contribution is -2.19. The lowest BCUT2D eigenvalue weighted by atomic mass is 10.2. The van der Waals surface area contributed by atoms with Gasteiger partial charge in [0.2, 0.25) is 0 Å². The van der Waals surface area contributed by atoms with E-state index in [0.717, 1.165) is 18.9 Å². The third-order valence-corrected chi connectivity index (χ3v) is 2.77. The van der Waals surface area contributed by atoms with E-state index in [1.54, 1.807) is 12.3 Å². The number of nitrogens with two attached hydrogens (primary N) is 1. The molecular formula is C11H16FN3. The maximum absolute atomic E-state index is 13.2. The lowest BCUT2D eigenvalue weighted by molar-refractivity contribution is 0.352. The molecule has 1 aromatic rings. The van der Waals surface area contributed by atoms with E-state index < -0.39 is 6.17 Å². The zero-order valence-corrected chi connectivity index (χ0v) is 8.69. The van der Waals surface area contributed by atoms with Gasteiger partial charge in [-0.1, -0.05) is 6.07 Å². The van der Waals surface area contributed by atoms with E-state index in [1.807, 2.05) is 6.07 Å². The van der Waals surface area contributed by atoms with Crippen LogP contribution in [0.5, 0.6) is 0 Å². The molecule has 0 saturated carbocycles. The summed E-state index contributed by atoms with van der Waals surface area (Å²) in [7, 11) is 0. The van der Waals surface area contributed by atoms with Gasteiger partial charge >= 0.3 is 0 Å². The molecule has 1 aliphatic rings. The molecule has 0 bridgehead atoms. The normalized spacial score (nSPS) is 18.1. The molecule has 1 aromatic heterocycles. The number of hydrogen-bond acceptors (Lipinski definition) is 3. The van der Waals surface area contributed by atoms with Gasteiger partial charge in [-0.05, 0) is 18.9 Å². The second-order valence-electron chi connectivity index (χ2n) is 3.85. The number of aromatic nitrogens is 1. The van der Waals surface area contributed by atoms with Crippen LogP contribution in [0.2, 0.25) is 0 Å². The van der Waals surface area contributed by atoms with Gasteiger partial charge in [-0.2, -0.15) is 0 Å².